The summed E-state index contributed by atoms with van der Waals surface area (Å²) in [5, 5.41) is 9.66. The second kappa shape index (κ2) is 5.32. The smallest absolute Gasteiger partial charge is 0.0543 e. The van der Waals surface area contributed by atoms with E-state index in [-0.39, 0.29) is 6.10 Å². The van der Waals surface area contributed by atoms with Crippen molar-refractivity contribution in [2.24, 2.45) is 5.92 Å². The Morgan fingerprint density at radius 1 is 1.20 bits per heavy atom. The molecule has 0 bridgehead atoms. The number of rotatable bonds is 4. The number of benzene rings is 1. The zero-order chi connectivity index (χ0) is 11.4. The molecule has 0 fully saturated rings. The molecule has 2 unspecified atom stereocenters. The normalized spacial score (nSPS) is 15.0. The van der Waals surface area contributed by atoms with Crippen molar-refractivity contribution in [1.82, 2.24) is 0 Å². The fourth-order valence-corrected chi connectivity index (χ4v) is 2.09. The molecule has 1 heteroatoms. The minimum absolute atomic E-state index is 0.214. The Morgan fingerprint density at radius 2 is 1.73 bits per heavy atom. The molecule has 0 aliphatic heterocycles. The zero-order valence-corrected chi connectivity index (χ0v) is 10.2. The van der Waals surface area contributed by atoms with Crippen LogP contribution in [0.5, 0.6) is 0 Å². The first kappa shape index (κ1) is 12.3. The SMILES string of the molecule is CCC(Cc1c(C)cccc1C)C(C)O. The first-order valence-corrected chi connectivity index (χ1v) is 5.79. The Morgan fingerprint density at radius 3 is 2.13 bits per heavy atom. The van der Waals surface area contributed by atoms with Gasteiger partial charge in [0.15, 0.2) is 0 Å². The van der Waals surface area contributed by atoms with Crippen LogP contribution in [0.25, 0.3) is 0 Å². The van der Waals surface area contributed by atoms with Crippen LogP contribution in [0.2, 0.25) is 0 Å². The van der Waals surface area contributed by atoms with Crippen LogP contribution in [0.4, 0.5) is 0 Å². The fraction of sp³-hybridized carbons (Fsp3) is 0.571. The van der Waals surface area contributed by atoms with Crippen LogP contribution >= 0.6 is 0 Å². The van der Waals surface area contributed by atoms with E-state index in [4.69, 9.17) is 0 Å². The van der Waals surface area contributed by atoms with Gasteiger partial charge in [0.05, 0.1) is 6.10 Å². The largest absolute Gasteiger partial charge is 0.393 e. The molecule has 1 rings (SSSR count). The van der Waals surface area contributed by atoms with Gasteiger partial charge in [-0.15, -0.1) is 0 Å². The molecule has 0 amide bonds. The van der Waals surface area contributed by atoms with E-state index in [9.17, 15) is 5.11 Å². The summed E-state index contributed by atoms with van der Waals surface area (Å²) in [6.45, 7) is 8.33. The van der Waals surface area contributed by atoms with Gasteiger partial charge >= 0.3 is 0 Å². The highest BCUT2D eigenvalue weighted by atomic mass is 16.3. The summed E-state index contributed by atoms with van der Waals surface area (Å²) in [4.78, 5) is 0. The van der Waals surface area contributed by atoms with Gasteiger partial charge in [0, 0.05) is 0 Å². The number of aryl methyl sites for hydroxylation is 2. The molecule has 2 atom stereocenters. The first-order valence-electron chi connectivity index (χ1n) is 5.79. The van der Waals surface area contributed by atoms with Crippen LogP contribution in [-0.4, -0.2) is 11.2 Å². The predicted molar refractivity (Wildman–Crippen MR) is 65.1 cm³/mol. The monoisotopic (exact) mass is 206 g/mol. The molecule has 0 radical (unpaired) electrons. The van der Waals surface area contributed by atoms with Crippen molar-refractivity contribution < 1.29 is 5.11 Å². The van der Waals surface area contributed by atoms with E-state index in [2.05, 4.69) is 39.0 Å². The summed E-state index contributed by atoms with van der Waals surface area (Å²) in [6.07, 6.45) is 1.81. The van der Waals surface area contributed by atoms with Crippen LogP contribution < -0.4 is 0 Å². The summed E-state index contributed by atoms with van der Waals surface area (Å²) in [6, 6.07) is 6.39. The van der Waals surface area contributed by atoms with Gasteiger partial charge in [-0.1, -0.05) is 31.5 Å². The Hall–Kier alpha value is -0.820. The van der Waals surface area contributed by atoms with Gasteiger partial charge in [-0.2, -0.15) is 0 Å². The summed E-state index contributed by atoms with van der Waals surface area (Å²) in [7, 11) is 0. The number of aliphatic hydroxyl groups is 1. The van der Waals surface area contributed by atoms with Gasteiger partial charge in [0.1, 0.15) is 0 Å². The number of hydrogen-bond donors (Lipinski definition) is 1. The molecule has 0 aromatic heterocycles. The molecule has 0 saturated heterocycles. The van der Waals surface area contributed by atoms with Crippen molar-refractivity contribution in [2.75, 3.05) is 0 Å². The van der Waals surface area contributed by atoms with E-state index in [1.165, 1.54) is 16.7 Å². The van der Waals surface area contributed by atoms with Crippen molar-refractivity contribution in [2.45, 2.75) is 46.6 Å². The van der Waals surface area contributed by atoms with Crippen molar-refractivity contribution in [3.05, 3.63) is 34.9 Å². The van der Waals surface area contributed by atoms with Crippen LogP contribution in [-0.2, 0) is 6.42 Å². The minimum Gasteiger partial charge on any atom is -0.393 e. The van der Waals surface area contributed by atoms with E-state index >= 15 is 0 Å². The maximum atomic E-state index is 9.66. The molecule has 1 aromatic carbocycles. The highest BCUT2D eigenvalue weighted by Crippen LogP contribution is 2.21. The lowest BCUT2D eigenvalue weighted by atomic mass is 9.88. The van der Waals surface area contributed by atoms with Crippen molar-refractivity contribution >= 4 is 0 Å². The Labute approximate surface area is 93.1 Å². The van der Waals surface area contributed by atoms with Crippen LogP contribution in [0, 0.1) is 19.8 Å². The van der Waals surface area contributed by atoms with Crippen LogP contribution in [0.15, 0.2) is 18.2 Å². The third-order valence-electron chi connectivity index (χ3n) is 3.32. The highest BCUT2D eigenvalue weighted by molar-refractivity contribution is 5.33. The minimum atomic E-state index is -0.214. The molecule has 84 valence electrons. The molecule has 1 aromatic rings. The van der Waals surface area contributed by atoms with E-state index in [0.717, 1.165) is 12.8 Å². The van der Waals surface area contributed by atoms with Gasteiger partial charge in [-0.25, -0.2) is 0 Å². The van der Waals surface area contributed by atoms with Gasteiger partial charge in [-0.05, 0) is 49.8 Å². The molecular formula is C14H22O. The van der Waals surface area contributed by atoms with Crippen LogP contribution in [0.1, 0.15) is 37.0 Å². The molecule has 1 N–H and O–H groups in total. The lowest BCUT2D eigenvalue weighted by Gasteiger charge is -2.20. The van der Waals surface area contributed by atoms with E-state index in [0.29, 0.717) is 5.92 Å². The topological polar surface area (TPSA) is 20.2 Å². The van der Waals surface area contributed by atoms with Gasteiger partial charge in [-0.3, -0.25) is 0 Å². The average Bonchev–Trinajstić information content (AvgIpc) is 2.17. The maximum absolute atomic E-state index is 9.66. The number of aliphatic hydroxyl groups excluding tert-OH is 1. The molecule has 0 aliphatic rings. The Bertz CT molecular complexity index is 295. The van der Waals surface area contributed by atoms with E-state index in [1.54, 1.807) is 0 Å². The van der Waals surface area contributed by atoms with Crippen LogP contribution in [0.3, 0.4) is 0 Å². The van der Waals surface area contributed by atoms with Crippen molar-refractivity contribution in [1.29, 1.82) is 0 Å². The van der Waals surface area contributed by atoms with E-state index in [1.807, 2.05) is 6.92 Å². The fourth-order valence-electron chi connectivity index (χ4n) is 2.09. The first-order chi connectivity index (χ1) is 7.06. The second-order valence-electron chi connectivity index (χ2n) is 4.48. The predicted octanol–water partition coefficient (Wildman–Crippen LogP) is 3.25. The van der Waals surface area contributed by atoms with Gasteiger partial charge in [0.2, 0.25) is 0 Å². The molecule has 0 aliphatic carbocycles. The number of hydrogen-bond acceptors (Lipinski definition) is 1. The third-order valence-corrected chi connectivity index (χ3v) is 3.32. The summed E-state index contributed by atoms with van der Waals surface area (Å²) in [5.74, 6) is 0.379. The van der Waals surface area contributed by atoms with E-state index < -0.39 is 0 Å². The molecule has 0 heterocycles. The zero-order valence-electron chi connectivity index (χ0n) is 10.2. The molecule has 1 nitrogen and oxygen atoms in total. The lowest BCUT2D eigenvalue weighted by Crippen LogP contribution is -2.19. The summed E-state index contributed by atoms with van der Waals surface area (Å²) in [5.41, 5.74) is 4.09. The molecule has 15 heavy (non-hydrogen) atoms. The standard InChI is InChI=1S/C14H22O/c1-5-13(12(4)15)9-14-10(2)7-6-8-11(14)3/h6-8,12-13,15H,5,9H2,1-4H3. The molecule has 0 saturated carbocycles. The summed E-state index contributed by atoms with van der Waals surface area (Å²) >= 11 is 0. The van der Waals surface area contributed by atoms with Gasteiger partial charge < -0.3 is 5.11 Å². The van der Waals surface area contributed by atoms with Gasteiger partial charge in [0.25, 0.3) is 0 Å². The Balaban J connectivity index is 2.87. The van der Waals surface area contributed by atoms with Crippen molar-refractivity contribution in [3.8, 4) is 0 Å². The Kier molecular flexibility index (Phi) is 4.34. The van der Waals surface area contributed by atoms with Crippen molar-refractivity contribution in [3.63, 3.8) is 0 Å². The molecule has 0 spiro atoms. The maximum Gasteiger partial charge on any atom is 0.0543 e. The summed E-state index contributed by atoms with van der Waals surface area (Å²) < 4.78 is 0. The molecular weight excluding hydrogens is 184 g/mol. The quantitative estimate of drug-likeness (QED) is 0.801. The second-order valence-corrected chi connectivity index (χ2v) is 4.48. The average molecular weight is 206 g/mol. The third kappa shape index (κ3) is 3.07. The lowest BCUT2D eigenvalue weighted by molar-refractivity contribution is 0.123. The highest BCUT2D eigenvalue weighted by Gasteiger charge is 2.15.